The molecular formula is C25H28F6N4O3. The molecule has 1 aliphatic carbocycles. The van der Waals surface area contributed by atoms with Crippen molar-refractivity contribution in [1.29, 1.82) is 0 Å². The van der Waals surface area contributed by atoms with Gasteiger partial charge in [0.05, 0.1) is 11.3 Å². The third-order valence-electron chi connectivity index (χ3n) is 5.46. The number of aliphatic carboxylic acids is 1. The number of carboxylic acid groups (broad SMARTS) is 1. The Balaban J connectivity index is 0.000000773. The predicted octanol–water partition coefficient (Wildman–Crippen LogP) is 5.42. The van der Waals surface area contributed by atoms with E-state index in [1.165, 1.54) is 18.3 Å². The third-order valence-corrected chi connectivity index (χ3v) is 5.46. The number of allylic oxidation sites excluding steroid dienone is 4. The maximum atomic E-state index is 13.5. The second-order valence-corrected chi connectivity index (χ2v) is 7.92. The molecule has 2 aromatic rings. The average Bonchev–Trinajstić information content (AvgIpc) is 2.88. The summed E-state index contributed by atoms with van der Waals surface area (Å²) in [4.78, 5) is 28.7. The zero-order valence-corrected chi connectivity index (χ0v) is 20.7. The summed E-state index contributed by atoms with van der Waals surface area (Å²) in [6.45, 7) is 0.188. The standard InChI is InChI=1S/C22H21F3N4O3.C2H6.CHF3/c23-22(24,25)15-9-14(11-27-16-7-4-8-26-19(16)21(31)32)20-28-17(10-18(30)29(20)12-15)13-5-2-1-3-6-13;1-2;2-1(3)4/h4-5,7-10,12,19,26-27H,1-3,6,11H2,(H,31,32);1-2H3;1H. The fourth-order valence-corrected chi connectivity index (χ4v) is 3.84. The molecule has 208 valence electrons. The summed E-state index contributed by atoms with van der Waals surface area (Å²) in [5, 5.41) is 14.9. The van der Waals surface area contributed by atoms with Gasteiger partial charge in [0, 0.05) is 30.1 Å². The van der Waals surface area contributed by atoms with Gasteiger partial charge < -0.3 is 15.7 Å². The summed E-state index contributed by atoms with van der Waals surface area (Å²) in [6.07, 6.45) is 6.29. The SMILES string of the molecule is CC.FC(F)F.O=C(O)C1NC=CC=C1NCc1cc(C(F)(F)F)cn2c(=O)cc(C3=CCCCC3)nc12. The average molecular weight is 547 g/mol. The Morgan fingerprint density at radius 1 is 1.24 bits per heavy atom. The number of carbonyl (C=O) groups is 1. The molecule has 0 aromatic carbocycles. The van der Waals surface area contributed by atoms with E-state index in [2.05, 4.69) is 15.6 Å². The van der Waals surface area contributed by atoms with Crippen molar-refractivity contribution in [3.63, 3.8) is 0 Å². The van der Waals surface area contributed by atoms with Gasteiger partial charge in [-0.2, -0.15) is 26.3 Å². The van der Waals surface area contributed by atoms with Crippen molar-refractivity contribution >= 4 is 17.2 Å². The lowest BCUT2D eigenvalue weighted by Gasteiger charge is -2.22. The summed E-state index contributed by atoms with van der Waals surface area (Å²) in [6, 6.07) is 1.15. The van der Waals surface area contributed by atoms with E-state index >= 15 is 0 Å². The highest BCUT2D eigenvalue weighted by Crippen LogP contribution is 2.31. The van der Waals surface area contributed by atoms with Crippen LogP contribution in [0.4, 0.5) is 26.3 Å². The molecular weight excluding hydrogens is 518 g/mol. The minimum Gasteiger partial charge on any atom is -0.479 e. The fraction of sp³-hybridized carbons (Fsp3) is 0.400. The third kappa shape index (κ3) is 8.12. The Bertz CT molecular complexity index is 1270. The molecule has 2 aromatic heterocycles. The quantitative estimate of drug-likeness (QED) is 0.434. The number of nitrogens with one attached hydrogen (secondary N) is 2. The first kappa shape index (κ1) is 30.5. The first-order valence-corrected chi connectivity index (χ1v) is 11.8. The highest BCUT2D eigenvalue weighted by molar-refractivity contribution is 5.78. The number of carboxylic acids is 1. The molecule has 3 N–H and O–H groups in total. The van der Waals surface area contributed by atoms with E-state index in [-0.39, 0.29) is 23.5 Å². The molecule has 0 bridgehead atoms. The topological polar surface area (TPSA) is 95.7 Å². The van der Waals surface area contributed by atoms with Crippen molar-refractivity contribution in [2.24, 2.45) is 0 Å². The lowest BCUT2D eigenvalue weighted by molar-refractivity contribution is -0.139. The fourth-order valence-electron chi connectivity index (χ4n) is 3.84. The Morgan fingerprint density at radius 3 is 2.50 bits per heavy atom. The van der Waals surface area contributed by atoms with Crippen molar-refractivity contribution in [3.05, 3.63) is 75.6 Å². The van der Waals surface area contributed by atoms with E-state index in [1.807, 2.05) is 19.9 Å². The molecule has 0 saturated heterocycles. The number of hydrogen-bond acceptors (Lipinski definition) is 5. The summed E-state index contributed by atoms with van der Waals surface area (Å²) < 4.78 is 70.4. The molecule has 13 heteroatoms. The van der Waals surface area contributed by atoms with Crippen molar-refractivity contribution < 1.29 is 36.2 Å². The summed E-state index contributed by atoms with van der Waals surface area (Å²) >= 11 is 0. The predicted molar refractivity (Wildman–Crippen MR) is 130 cm³/mol. The van der Waals surface area contributed by atoms with Crippen LogP contribution in [0.1, 0.15) is 56.4 Å². The smallest absolute Gasteiger partial charge is 0.417 e. The Morgan fingerprint density at radius 2 is 1.92 bits per heavy atom. The molecule has 1 aliphatic heterocycles. The van der Waals surface area contributed by atoms with Crippen molar-refractivity contribution in [3.8, 4) is 0 Å². The van der Waals surface area contributed by atoms with Crippen LogP contribution in [0.15, 0.2) is 53.2 Å². The van der Waals surface area contributed by atoms with Crippen LogP contribution in [-0.2, 0) is 17.5 Å². The Kier molecular flexibility index (Phi) is 11.0. The van der Waals surface area contributed by atoms with Gasteiger partial charge in [-0.1, -0.05) is 19.9 Å². The van der Waals surface area contributed by atoms with Crippen LogP contribution in [0.5, 0.6) is 0 Å². The highest BCUT2D eigenvalue weighted by atomic mass is 19.4. The van der Waals surface area contributed by atoms with Crippen molar-refractivity contribution in [2.75, 3.05) is 0 Å². The second-order valence-electron chi connectivity index (χ2n) is 7.92. The number of pyridine rings is 1. The van der Waals surface area contributed by atoms with Crippen LogP contribution >= 0.6 is 0 Å². The maximum Gasteiger partial charge on any atom is 0.417 e. The number of dihydropyridines is 1. The number of rotatable bonds is 5. The highest BCUT2D eigenvalue weighted by Gasteiger charge is 2.32. The summed E-state index contributed by atoms with van der Waals surface area (Å²) in [7, 11) is 0. The van der Waals surface area contributed by atoms with Gasteiger partial charge >= 0.3 is 18.8 Å². The molecule has 4 rings (SSSR count). The van der Waals surface area contributed by atoms with Crippen LogP contribution in [0.2, 0.25) is 0 Å². The van der Waals surface area contributed by atoms with Gasteiger partial charge in [-0.25, -0.2) is 9.78 Å². The number of nitrogens with zero attached hydrogens (tertiary/aromatic N) is 2. The minimum atomic E-state index is -4.66. The maximum absolute atomic E-state index is 13.5. The number of alkyl halides is 6. The lowest BCUT2D eigenvalue weighted by atomic mass is 9.97. The van der Waals surface area contributed by atoms with Gasteiger partial charge in [-0.3, -0.25) is 9.20 Å². The van der Waals surface area contributed by atoms with Gasteiger partial charge in [0.1, 0.15) is 5.65 Å². The number of halogens is 6. The molecule has 0 fully saturated rings. The van der Waals surface area contributed by atoms with Crippen LogP contribution < -0.4 is 16.2 Å². The van der Waals surface area contributed by atoms with E-state index in [0.29, 0.717) is 5.69 Å². The molecule has 0 saturated carbocycles. The largest absolute Gasteiger partial charge is 0.479 e. The zero-order valence-electron chi connectivity index (χ0n) is 20.7. The molecule has 1 atom stereocenters. The van der Waals surface area contributed by atoms with E-state index in [9.17, 15) is 41.0 Å². The van der Waals surface area contributed by atoms with E-state index in [1.54, 1.807) is 6.08 Å². The Labute approximate surface area is 214 Å². The molecule has 0 spiro atoms. The molecule has 7 nitrogen and oxygen atoms in total. The first-order chi connectivity index (χ1) is 18.0. The van der Waals surface area contributed by atoms with Gasteiger partial charge in [0.2, 0.25) is 0 Å². The van der Waals surface area contributed by atoms with Crippen molar-refractivity contribution in [2.45, 2.75) is 65.0 Å². The monoisotopic (exact) mass is 546 g/mol. The van der Waals surface area contributed by atoms with Crippen LogP contribution in [-0.4, -0.2) is 33.2 Å². The summed E-state index contributed by atoms with van der Waals surface area (Å²) in [5.41, 5.74) is 0.296. The molecule has 1 unspecified atom stereocenters. The van der Waals surface area contributed by atoms with E-state index in [4.69, 9.17) is 0 Å². The van der Waals surface area contributed by atoms with Crippen LogP contribution in [0, 0.1) is 0 Å². The van der Waals surface area contributed by atoms with Crippen LogP contribution in [0.25, 0.3) is 11.2 Å². The van der Waals surface area contributed by atoms with Crippen molar-refractivity contribution in [1.82, 2.24) is 20.0 Å². The normalized spacial score (nSPS) is 16.8. The molecule has 2 aliphatic rings. The van der Waals surface area contributed by atoms with Gasteiger partial charge in [0.25, 0.3) is 5.56 Å². The zero-order chi connectivity index (χ0) is 28.5. The molecule has 3 heterocycles. The lowest BCUT2D eigenvalue weighted by Crippen LogP contribution is -2.41. The van der Waals surface area contributed by atoms with E-state index in [0.717, 1.165) is 47.9 Å². The molecule has 0 amide bonds. The van der Waals surface area contributed by atoms with Crippen LogP contribution in [0.3, 0.4) is 0 Å². The molecule has 0 radical (unpaired) electrons. The minimum absolute atomic E-state index is 0.103. The van der Waals surface area contributed by atoms with Gasteiger partial charge in [0.15, 0.2) is 6.04 Å². The van der Waals surface area contributed by atoms with Gasteiger partial charge in [-0.05, 0) is 55.7 Å². The van der Waals surface area contributed by atoms with Gasteiger partial charge in [-0.15, -0.1) is 0 Å². The number of fused-ring (bicyclic) bond motifs is 1. The van der Waals surface area contributed by atoms with E-state index < -0.39 is 36.0 Å². The number of hydrogen-bond donors (Lipinski definition) is 3. The first-order valence-electron chi connectivity index (χ1n) is 11.8. The number of aromatic nitrogens is 2. The summed E-state index contributed by atoms with van der Waals surface area (Å²) in [5.74, 6) is -1.14. The molecule has 38 heavy (non-hydrogen) atoms. The second kappa shape index (κ2) is 13.7. The Hall–Kier alpha value is -3.77.